The van der Waals surface area contributed by atoms with E-state index < -0.39 is 41.3 Å². The van der Waals surface area contributed by atoms with Crippen molar-refractivity contribution in [3.8, 4) is 28.1 Å². The quantitative estimate of drug-likeness (QED) is 0.159. The number of aromatic hydroxyl groups is 1. The first-order chi connectivity index (χ1) is 29.0. The lowest BCUT2D eigenvalue weighted by Gasteiger charge is -2.36. The fraction of sp³-hybridized carbons (Fsp3) is 0.521. The Labute approximate surface area is 359 Å². The third kappa shape index (κ3) is 9.04. The lowest BCUT2D eigenvalue weighted by atomic mass is 9.84. The van der Waals surface area contributed by atoms with E-state index in [4.69, 9.17) is 14.5 Å². The Morgan fingerprint density at radius 1 is 1.11 bits per heavy atom. The Kier molecular flexibility index (Phi) is 12.6. The molecule has 61 heavy (non-hydrogen) atoms. The number of nitrogens with one attached hydrogen (secondary N) is 2. The van der Waals surface area contributed by atoms with Gasteiger partial charge in [-0.3, -0.25) is 29.2 Å². The van der Waals surface area contributed by atoms with Crippen LogP contribution >= 0.6 is 0 Å². The number of benzene rings is 2. The molecule has 4 heterocycles. The molecule has 0 radical (unpaired) electrons. The highest BCUT2D eigenvalue weighted by Gasteiger charge is 2.44. The van der Waals surface area contributed by atoms with Crippen LogP contribution in [0.4, 0.5) is 0 Å². The number of aromatic nitrogens is 2. The van der Waals surface area contributed by atoms with E-state index >= 15 is 0 Å². The fourth-order valence-electron chi connectivity index (χ4n) is 9.31. The highest BCUT2D eigenvalue weighted by atomic mass is 16.5. The van der Waals surface area contributed by atoms with Gasteiger partial charge < -0.3 is 29.4 Å². The van der Waals surface area contributed by atoms with Crippen molar-refractivity contribution in [1.82, 2.24) is 30.2 Å². The van der Waals surface area contributed by atoms with Crippen molar-refractivity contribution in [3.63, 3.8) is 0 Å². The summed E-state index contributed by atoms with van der Waals surface area (Å²) in [5, 5.41) is 16.7. The van der Waals surface area contributed by atoms with Gasteiger partial charge in [0.2, 0.25) is 11.8 Å². The molecule has 2 aromatic heterocycles. The van der Waals surface area contributed by atoms with Crippen LogP contribution < -0.4 is 10.7 Å². The Hall–Kier alpha value is -5.27. The van der Waals surface area contributed by atoms with Gasteiger partial charge in [0.25, 0.3) is 5.91 Å². The van der Waals surface area contributed by atoms with E-state index in [9.17, 15) is 24.3 Å². The number of ether oxygens (including phenoxy) is 2. The zero-order chi connectivity index (χ0) is 43.9. The smallest absolute Gasteiger partial charge is 0.324 e. The number of carbonyl (C=O) groups is 4. The second-order valence-electron chi connectivity index (χ2n) is 18.5. The maximum Gasteiger partial charge on any atom is 0.324 e. The van der Waals surface area contributed by atoms with Gasteiger partial charge in [0.05, 0.1) is 24.1 Å². The number of pyridine rings is 1. The summed E-state index contributed by atoms with van der Waals surface area (Å²) in [4.78, 5) is 62.4. The largest absolute Gasteiger partial charge is 0.508 e. The number of hydrazine groups is 1. The summed E-state index contributed by atoms with van der Waals surface area (Å²) in [5.74, 6) is -1.48. The maximum absolute atomic E-state index is 14.6. The van der Waals surface area contributed by atoms with Crippen molar-refractivity contribution in [2.75, 3.05) is 27.3 Å². The summed E-state index contributed by atoms with van der Waals surface area (Å²) in [7, 11) is 3.34. The van der Waals surface area contributed by atoms with E-state index in [2.05, 4.69) is 54.3 Å². The molecule has 2 fully saturated rings. The van der Waals surface area contributed by atoms with E-state index in [1.807, 2.05) is 45.9 Å². The van der Waals surface area contributed by atoms with Crippen LogP contribution in [0.15, 0.2) is 54.7 Å². The zero-order valence-corrected chi connectivity index (χ0v) is 37.1. The third-order valence-corrected chi connectivity index (χ3v) is 12.8. The molecule has 3 aliphatic rings. The van der Waals surface area contributed by atoms with Gasteiger partial charge >= 0.3 is 5.97 Å². The first-order valence-corrected chi connectivity index (χ1v) is 21.8. The van der Waals surface area contributed by atoms with E-state index in [0.717, 1.165) is 51.0 Å². The number of hydrogen-bond donors (Lipinski definition) is 3. The van der Waals surface area contributed by atoms with Gasteiger partial charge in [0.15, 0.2) is 0 Å². The highest BCUT2D eigenvalue weighted by molar-refractivity contribution is 5.96. The number of carbonyl (C=O) groups excluding carboxylic acids is 4. The minimum Gasteiger partial charge on any atom is -0.508 e. The molecular formula is C48H62N6O7. The average Bonchev–Trinajstić information content (AvgIpc) is 3.90. The van der Waals surface area contributed by atoms with E-state index in [1.165, 1.54) is 9.91 Å². The van der Waals surface area contributed by atoms with Crippen LogP contribution in [-0.2, 0) is 48.0 Å². The molecule has 1 saturated heterocycles. The molecule has 2 aromatic carbocycles. The number of fused-ring (bicyclic) bond motifs is 6. The highest BCUT2D eigenvalue weighted by Crippen LogP contribution is 2.43. The van der Waals surface area contributed by atoms with Gasteiger partial charge in [-0.1, -0.05) is 46.8 Å². The van der Waals surface area contributed by atoms with Crippen molar-refractivity contribution in [1.29, 1.82) is 0 Å². The molecule has 3 N–H and O–H groups in total. The number of likely N-dealkylation sites (N-methyl/N-ethyl adjacent to an activating group) is 1. The molecule has 326 valence electrons. The number of cyclic esters (lactones) is 1. The Morgan fingerprint density at radius 2 is 1.87 bits per heavy atom. The van der Waals surface area contributed by atoms with Crippen molar-refractivity contribution >= 4 is 34.6 Å². The Bertz CT molecular complexity index is 2320. The molecule has 4 aromatic rings. The Balaban J connectivity index is 1.35. The SMILES string of the molecule is CCn1c(-c2cccnc2[C@H](C)OC)c2c3cc(ccc31)-c1cc(O)cc(c1)C[C@H](NC(=O)[C@H](C(C)C)N(C)C(=O)[C@H]1C[C@H]1C)C(=O)N1CCC[C@H](N1)C(=O)OCC(C)(C)C2. The van der Waals surface area contributed by atoms with E-state index in [-0.39, 0.29) is 48.5 Å². The van der Waals surface area contributed by atoms with Crippen molar-refractivity contribution < 1.29 is 33.8 Å². The summed E-state index contributed by atoms with van der Waals surface area (Å²) < 4.78 is 14.2. The maximum atomic E-state index is 14.6. The van der Waals surface area contributed by atoms with Crippen LogP contribution in [0.2, 0.25) is 0 Å². The van der Waals surface area contributed by atoms with Gasteiger partial charge in [-0.15, -0.1) is 0 Å². The van der Waals surface area contributed by atoms with Crippen LogP contribution in [0.3, 0.4) is 0 Å². The number of rotatable bonds is 9. The summed E-state index contributed by atoms with van der Waals surface area (Å²) >= 11 is 0. The van der Waals surface area contributed by atoms with Crippen LogP contribution in [0.25, 0.3) is 33.3 Å². The van der Waals surface area contributed by atoms with Crippen LogP contribution in [0, 0.1) is 23.2 Å². The van der Waals surface area contributed by atoms with Crippen molar-refractivity contribution in [3.05, 3.63) is 71.5 Å². The third-order valence-electron chi connectivity index (χ3n) is 12.8. The molecule has 0 spiro atoms. The lowest BCUT2D eigenvalue weighted by Crippen LogP contribution is -2.62. The predicted octanol–water partition coefficient (Wildman–Crippen LogP) is 6.59. The first-order valence-electron chi connectivity index (χ1n) is 21.8. The molecule has 0 unspecified atom stereocenters. The second-order valence-corrected chi connectivity index (χ2v) is 18.5. The molecule has 13 nitrogen and oxygen atoms in total. The molecule has 1 aliphatic carbocycles. The number of amides is 3. The van der Waals surface area contributed by atoms with Crippen molar-refractivity contribution in [2.24, 2.45) is 23.2 Å². The van der Waals surface area contributed by atoms with Crippen molar-refractivity contribution in [2.45, 2.75) is 111 Å². The number of esters is 1. The monoisotopic (exact) mass is 834 g/mol. The Morgan fingerprint density at radius 3 is 2.56 bits per heavy atom. The normalized spacial score (nSPS) is 22.6. The number of phenols is 1. The topological polar surface area (TPSA) is 155 Å². The predicted molar refractivity (Wildman–Crippen MR) is 234 cm³/mol. The summed E-state index contributed by atoms with van der Waals surface area (Å²) in [6.07, 6.45) is 3.91. The minimum absolute atomic E-state index is 0.0177. The van der Waals surface area contributed by atoms with Gasteiger partial charge in [0.1, 0.15) is 23.9 Å². The number of hydrogen-bond acceptors (Lipinski definition) is 9. The van der Waals surface area contributed by atoms with E-state index in [1.54, 1.807) is 32.5 Å². The fourth-order valence-corrected chi connectivity index (χ4v) is 9.31. The summed E-state index contributed by atoms with van der Waals surface area (Å²) in [6, 6.07) is 12.9. The number of aryl methyl sites for hydroxylation is 1. The summed E-state index contributed by atoms with van der Waals surface area (Å²) in [6.45, 7) is 15.2. The lowest BCUT2D eigenvalue weighted by molar-refractivity contribution is -0.155. The number of nitrogens with zero attached hydrogens (tertiary/aromatic N) is 4. The second kappa shape index (κ2) is 17.6. The standard InChI is InChI=1S/C48H62N6O7/c1-10-53-40-16-15-31-24-36(40)37(43(53)34-13-11-17-49-41(34)29(5)60-9)25-48(6,7)26-61-47(59)38-14-12-18-54(51-38)46(58)39(22-30-20-32(31)23-33(55)21-30)50-44(56)42(27(2)3)52(8)45(57)35-19-28(35)4/h11,13,15-17,20-21,23-24,27-29,35,38-39,42,51,55H,10,12,14,18-19,22,25-26H2,1-9H3,(H,50,56)/t28-,29+,35+,38+,39+,42+/m1/s1. The van der Waals surface area contributed by atoms with Crippen LogP contribution in [0.5, 0.6) is 5.75 Å². The van der Waals surface area contributed by atoms with Crippen LogP contribution in [-0.4, -0.2) is 93.7 Å². The van der Waals surface area contributed by atoms with Gasteiger partial charge in [-0.05, 0) is 110 Å². The average molecular weight is 835 g/mol. The molecule has 6 atom stereocenters. The van der Waals surface area contributed by atoms with E-state index in [0.29, 0.717) is 37.9 Å². The van der Waals surface area contributed by atoms with Gasteiger partial charge in [-0.2, -0.15) is 0 Å². The minimum atomic E-state index is -1.09. The summed E-state index contributed by atoms with van der Waals surface area (Å²) in [5.41, 5.74) is 9.74. The van der Waals surface area contributed by atoms with Gasteiger partial charge in [-0.25, -0.2) is 5.43 Å². The molecule has 1 saturated carbocycles. The number of methoxy groups -OCH3 is 1. The molecule has 13 heteroatoms. The molecule has 3 amide bonds. The molecular weight excluding hydrogens is 773 g/mol. The molecule has 7 rings (SSSR count). The number of phenolic OH excluding ortho intramolecular Hbond substituents is 1. The van der Waals surface area contributed by atoms with Gasteiger partial charge in [0, 0.05) is 67.7 Å². The van der Waals surface area contributed by atoms with Crippen LogP contribution in [0.1, 0.15) is 90.7 Å². The first kappa shape index (κ1) is 43.8. The zero-order valence-electron chi connectivity index (χ0n) is 37.1. The molecule has 2 aliphatic heterocycles. The molecule has 6 bridgehead atoms.